The molecule has 6 heteroatoms. The number of methoxy groups -OCH3 is 1. The molecule has 1 heterocycles. The Kier molecular flexibility index (Phi) is 7.30. The van der Waals surface area contributed by atoms with Crippen molar-refractivity contribution in [2.75, 3.05) is 18.2 Å². The lowest BCUT2D eigenvalue weighted by atomic mass is 10.2. The van der Waals surface area contributed by atoms with Gasteiger partial charge in [-0.15, -0.1) is 11.8 Å². The Labute approximate surface area is 152 Å². The van der Waals surface area contributed by atoms with Crippen molar-refractivity contribution in [1.82, 2.24) is 4.98 Å². The van der Waals surface area contributed by atoms with E-state index in [0.717, 1.165) is 18.5 Å². The Morgan fingerprint density at radius 2 is 2.12 bits per heavy atom. The minimum Gasteiger partial charge on any atom is -0.495 e. The molecule has 0 saturated carbocycles. The summed E-state index contributed by atoms with van der Waals surface area (Å²) in [5.41, 5.74) is 2.18. The Morgan fingerprint density at radius 1 is 1.32 bits per heavy atom. The van der Waals surface area contributed by atoms with E-state index in [4.69, 9.17) is 4.74 Å². The zero-order chi connectivity index (χ0) is 18.1. The van der Waals surface area contributed by atoms with Crippen LogP contribution in [0.4, 0.5) is 5.69 Å². The number of aryl methyl sites for hydroxylation is 1. The predicted molar refractivity (Wildman–Crippen MR) is 99.9 cm³/mol. The maximum atomic E-state index is 12.1. The third-order valence-corrected chi connectivity index (χ3v) is 4.49. The number of nitrogens with one attached hydrogen (secondary N) is 1. The molecular formula is C19H21N3O2S. The first-order chi connectivity index (χ1) is 12.2. The number of anilines is 1. The number of amides is 1. The lowest BCUT2D eigenvalue weighted by Gasteiger charge is -2.10. The molecule has 1 aromatic heterocycles. The van der Waals surface area contributed by atoms with Crippen LogP contribution in [0.15, 0.2) is 41.4 Å². The van der Waals surface area contributed by atoms with Gasteiger partial charge in [-0.3, -0.25) is 4.79 Å². The average Bonchev–Trinajstić information content (AvgIpc) is 2.63. The van der Waals surface area contributed by atoms with Crippen LogP contribution in [0, 0.1) is 11.3 Å². The van der Waals surface area contributed by atoms with Crippen LogP contribution in [0.5, 0.6) is 5.75 Å². The summed E-state index contributed by atoms with van der Waals surface area (Å²) in [6.07, 6.45) is 2.21. The molecule has 0 fully saturated rings. The second-order valence-corrected chi connectivity index (χ2v) is 6.45. The van der Waals surface area contributed by atoms with Crippen molar-refractivity contribution >= 4 is 23.4 Å². The molecule has 0 radical (unpaired) electrons. The first-order valence-corrected chi connectivity index (χ1v) is 9.12. The van der Waals surface area contributed by atoms with E-state index in [2.05, 4.69) is 23.3 Å². The van der Waals surface area contributed by atoms with Crippen LogP contribution >= 0.6 is 11.8 Å². The van der Waals surface area contributed by atoms with Crippen molar-refractivity contribution in [1.29, 1.82) is 5.26 Å². The van der Waals surface area contributed by atoms with Gasteiger partial charge >= 0.3 is 0 Å². The zero-order valence-electron chi connectivity index (χ0n) is 14.4. The number of hydrogen-bond acceptors (Lipinski definition) is 5. The van der Waals surface area contributed by atoms with Gasteiger partial charge in [0.15, 0.2) is 0 Å². The van der Waals surface area contributed by atoms with Crippen molar-refractivity contribution in [3.8, 4) is 11.8 Å². The molecule has 1 amide bonds. The number of pyridine rings is 1. The minimum atomic E-state index is -0.0970. The maximum absolute atomic E-state index is 12.1. The highest BCUT2D eigenvalue weighted by atomic mass is 32.2. The van der Waals surface area contributed by atoms with E-state index in [9.17, 15) is 10.1 Å². The molecule has 25 heavy (non-hydrogen) atoms. The van der Waals surface area contributed by atoms with E-state index in [0.29, 0.717) is 34.2 Å². The number of nitriles is 1. The number of ether oxygens (including phenoxy) is 1. The molecule has 0 aliphatic carbocycles. The molecule has 0 aliphatic rings. The summed E-state index contributed by atoms with van der Waals surface area (Å²) in [6, 6.07) is 13.1. The number of hydrogen-bond donors (Lipinski definition) is 1. The number of carbonyl (C=O) groups excluding carboxylic acids is 1. The van der Waals surface area contributed by atoms with Crippen molar-refractivity contribution in [2.45, 2.75) is 31.2 Å². The van der Waals surface area contributed by atoms with Gasteiger partial charge in [0.05, 0.1) is 18.4 Å². The number of benzene rings is 1. The van der Waals surface area contributed by atoms with Crippen molar-refractivity contribution in [3.63, 3.8) is 0 Å². The Hall–Kier alpha value is -2.52. The third-order valence-electron chi connectivity index (χ3n) is 3.49. The molecule has 2 aromatic rings. The number of carbonyl (C=O) groups is 1. The third kappa shape index (κ3) is 5.50. The Balaban J connectivity index is 1.93. The number of para-hydroxylation sites is 2. The second-order valence-electron chi connectivity index (χ2n) is 5.36. The van der Waals surface area contributed by atoms with Crippen LogP contribution in [0.1, 0.15) is 31.0 Å². The number of rotatable bonds is 8. The highest BCUT2D eigenvalue weighted by Gasteiger charge is 2.10. The fraction of sp³-hybridized carbons (Fsp3) is 0.316. The summed E-state index contributed by atoms with van der Waals surface area (Å²) in [5, 5.41) is 12.7. The van der Waals surface area contributed by atoms with Gasteiger partial charge < -0.3 is 10.1 Å². The van der Waals surface area contributed by atoms with Gasteiger partial charge in [-0.25, -0.2) is 4.98 Å². The summed E-state index contributed by atoms with van der Waals surface area (Å²) < 4.78 is 5.22. The first-order valence-electron chi connectivity index (χ1n) is 8.13. The predicted octanol–water partition coefficient (Wildman–Crippen LogP) is 4.04. The Morgan fingerprint density at radius 3 is 2.84 bits per heavy atom. The van der Waals surface area contributed by atoms with Crippen molar-refractivity contribution < 1.29 is 9.53 Å². The van der Waals surface area contributed by atoms with Gasteiger partial charge in [-0.2, -0.15) is 5.26 Å². The number of nitrogens with zero attached hydrogens (tertiary/aromatic N) is 2. The van der Waals surface area contributed by atoms with Crippen molar-refractivity contribution in [2.24, 2.45) is 0 Å². The van der Waals surface area contributed by atoms with Crippen LogP contribution in [-0.4, -0.2) is 23.8 Å². The normalized spacial score (nSPS) is 10.1. The Bertz CT molecular complexity index is 772. The molecule has 0 spiro atoms. The second kappa shape index (κ2) is 9.70. The lowest BCUT2D eigenvalue weighted by Crippen LogP contribution is -2.13. The molecule has 0 saturated heterocycles. The monoisotopic (exact) mass is 355 g/mol. The summed E-state index contributed by atoms with van der Waals surface area (Å²) in [5.74, 6) is 1.09. The van der Waals surface area contributed by atoms with E-state index in [1.165, 1.54) is 11.8 Å². The SMILES string of the molecule is CCCc1ccc(C#N)c(SCCC(=O)Nc2ccccc2OC)n1. The summed E-state index contributed by atoms with van der Waals surface area (Å²) >= 11 is 1.43. The van der Waals surface area contributed by atoms with E-state index in [-0.39, 0.29) is 5.91 Å². The fourth-order valence-electron chi connectivity index (χ4n) is 2.27. The smallest absolute Gasteiger partial charge is 0.225 e. The van der Waals surface area contributed by atoms with Gasteiger partial charge in [-0.05, 0) is 30.7 Å². The average molecular weight is 355 g/mol. The maximum Gasteiger partial charge on any atom is 0.225 e. The molecule has 0 aliphatic heterocycles. The van der Waals surface area contributed by atoms with E-state index < -0.39 is 0 Å². The summed E-state index contributed by atoms with van der Waals surface area (Å²) in [4.78, 5) is 16.7. The molecule has 1 N–H and O–H groups in total. The highest BCUT2D eigenvalue weighted by molar-refractivity contribution is 7.99. The topological polar surface area (TPSA) is 75.0 Å². The fourth-order valence-corrected chi connectivity index (χ4v) is 3.20. The van der Waals surface area contributed by atoms with E-state index in [1.807, 2.05) is 18.2 Å². The zero-order valence-corrected chi connectivity index (χ0v) is 15.2. The molecule has 0 unspecified atom stereocenters. The van der Waals surface area contributed by atoms with Crippen LogP contribution in [-0.2, 0) is 11.2 Å². The van der Waals surface area contributed by atoms with E-state index >= 15 is 0 Å². The summed E-state index contributed by atoms with van der Waals surface area (Å²) in [6.45, 7) is 2.09. The molecule has 130 valence electrons. The number of aromatic nitrogens is 1. The molecular weight excluding hydrogens is 334 g/mol. The van der Waals surface area contributed by atoms with Gasteiger partial charge in [0.1, 0.15) is 16.8 Å². The quantitative estimate of drug-likeness (QED) is 0.724. The standard InChI is InChI=1S/C19H21N3O2S/c1-3-6-15-10-9-14(13-20)19(21-15)25-12-11-18(23)22-16-7-4-5-8-17(16)24-2/h4-5,7-10H,3,6,11-12H2,1-2H3,(H,22,23). The van der Waals surface area contributed by atoms with Gasteiger partial charge in [0.2, 0.25) is 5.91 Å². The molecule has 5 nitrogen and oxygen atoms in total. The number of thioether (sulfide) groups is 1. The minimum absolute atomic E-state index is 0.0970. The van der Waals surface area contributed by atoms with Crippen LogP contribution in [0.2, 0.25) is 0 Å². The molecule has 0 bridgehead atoms. The highest BCUT2D eigenvalue weighted by Crippen LogP contribution is 2.24. The summed E-state index contributed by atoms with van der Waals surface area (Å²) in [7, 11) is 1.57. The van der Waals surface area contributed by atoms with Gasteiger partial charge in [0.25, 0.3) is 0 Å². The van der Waals surface area contributed by atoms with E-state index in [1.54, 1.807) is 25.3 Å². The van der Waals surface area contributed by atoms with Gasteiger partial charge in [-0.1, -0.05) is 25.5 Å². The molecule has 0 atom stereocenters. The largest absolute Gasteiger partial charge is 0.495 e. The van der Waals surface area contributed by atoms with Crippen LogP contribution < -0.4 is 10.1 Å². The van der Waals surface area contributed by atoms with Crippen molar-refractivity contribution in [3.05, 3.63) is 47.7 Å². The molecule has 2 rings (SSSR count). The molecule has 1 aromatic carbocycles. The van der Waals surface area contributed by atoms with Crippen LogP contribution in [0.25, 0.3) is 0 Å². The van der Waals surface area contributed by atoms with Crippen LogP contribution in [0.3, 0.4) is 0 Å². The first kappa shape index (κ1) is 18.8. The lowest BCUT2D eigenvalue weighted by molar-refractivity contribution is -0.115. The van der Waals surface area contributed by atoms with Gasteiger partial charge in [0, 0.05) is 17.9 Å².